The molecule has 116 valence electrons. The summed E-state index contributed by atoms with van der Waals surface area (Å²) >= 11 is 1.27. The molecule has 1 heterocycles. The summed E-state index contributed by atoms with van der Waals surface area (Å²) in [5.74, 6) is -0.179. The van der Waals surface area contributed by atoms with Crippen molar-refractivity contribution in [2.45, 2.75) is 19.8 Å². The molecule has 9 heteroatoms. The van der Waals surface area contributed by atoms with Crippen LogP contribution in [0.15, 0.2) is 18.2 Å². The van der Waals surface area contributed by atoms with Crippen molar-refractivity contribution in [2.75, 3.05) is 12.4 Å². The zero-order valence-electron chi connectivity index (χ0n) is 12.2. The van der Waals surface area contributed by atoms with Crippen LogP contribution in [0.2, 0.25) is 0 Å². The van der Waals surface area contributed by atoms with Crippen molar-refractivity contribution in [1.29, 1.82) is 0 Å². The summed E-state index contributed by atoms with van der Waals surface area (Å²) in [6, 6.07) is 4.00. The fourth-order valence-corrected chi connectivity index (χ4v) is 2.40. The monoisotopic (exact) mass is 322 g/mol. The summed E-state index contributed by atoms with van der Waals surface area (Å²) < 4.78 is 4.90. The molecule has 8 nitrogen and oxygen atoms in total. The molecule has 0 unspecified atom stereocenters. The minimum atomic E-state index is -0.600. The van der Waals surface area contributed by atoms with E-state index in [9.17, 15) is 14.9 Å². The maximum absolute atomic E-state index is 12.1. The lowest BCUT2D eigenvalue weighted by Gasteiger charge is -2.04. The molecular formula is C13H14N4O4S. The summed E-state index contributed by atoms with van der Waals surface area (Å²) in [6.45, 7) is 3.94. The van der Waals surface area contributed by atoms with Crippen LogP contribution in [0.25, 0.3) is 0 Å². The predicted molar refractivity (Wildman–Crippen MR) is 81.6 cm³/mol. The molecule has 0 spiro atoms. The van der Waals surface area contributed by atoms with E-state index >= 15 is 0 Å². The number of nitrogens with zero attached hydrogens (tertiary/aromatic N) is 3. The number of methoxy groups -OCH3 is 1. The van der Waals surface area contributed by atoms with Gasteiger partial charge in [0.25, 0.3) is 5.91 Å². The number of benzene rings is 1. The van der Waals surface area contributed by atoms with Gasteiger partial charge in [0, 0.05) is 17.5 Å². The van der Waals surface area contributed by atoms with Crippen LogP contribution in [0, 0.1) is 10.1 Å². The second-order valence-electron chi connectivity index (χ2n) is 4.70. The fourth-order valence-electron chi connectivity index (χ4n) is 1.66. The van der Waals surface area contributed by atoms with Gasteiger partial charge in [0.15, 0.2) is 5.75 Å². The number of nitro groups is 1. The van der Waals surface area contributed by atoms with E-state index in [2.05, 4.69) is 15.5 Å². The van der Waals surface area contributed by atoms with Crippen LogP contribution in [0.3, 0.4) is 0 Å². The number of nitro benzene ring substituents is 1. The second-order valence-corrected chi connectivity index (χ2v) is 5.71. The first-order valence-corrected chi connectivity index (χ1v) is 7.21. The Kier molecular flexibility index (Phi) is 4.66. The molecule has 2 aromatic rings. The molecule has 2 rings (SSSR count). The second kappa shape index (κ2) is 6.48. The summed E-state index contributed by atoms with van der Waals surface area (Å²) in [4.78, 5) is 22.5. The Hall–Kier alpha value is -2.55. The van der Waals surface area contributed by atoms with E-state index in [4.69, 9.17) is 4.74 Å². The molecule has 0 fully saturated rings. The minimum Gasteiger partial charge on any atom is -0.490 e. The smallest absolute Gasteiger partial charge is 0.311 e. The Morgan fingerprint density at radius 1 is 1.41 bits per heavy atom. The Bertz CT molecular complexity index is 714. The number of hydrogen-bond acceptors (Lipinski definition) is 7. The van der Waals surface area contributed by atoms with Gasteiger partial charge in [-0.2, -0.15) is 0 Å². The highest BCUT2D eigenvalue weighted by Gasteiger charge is 2.19. The number of carbonyl (C=O) groups excluding carboxylic acids is 1. The van der Waals surface area contributed by atoms with E-state index in [1.165, 1.54) is 36.6 Å². The third kappa shape index (κ3) is 3.37. The summed E-state index contributed by atoms with van der Waals surface area (Å²) in [5.41, 5.74) is -0.121. The molecule has 0 saturated carbocycles. The lowest BCUT2D eigenvalue weighted by molar-refractivity contribution is -0.385. The first-order valence-electron chi connectivity index (χ1n) is 6.39. The molecule has 0 aliphatic rings. The molecule has 1 amide bonds. The average molecular weight is 322 g/mol. The van der Waals surface area contributed by atoms with Gasteiger partial charge in [-0.05, 0) is 12.1 Å². The van der Waals surface area contributed by atoms with E-state index in [0.29, 0.717) is 5.13 Å². The van der Waals surface area contributed by atoms with E-state index in [-0.39, 0.29) is 22.9 Å². The number of nitrogens with one attached hydrogen (secondary N) is 1. The lowest BCUT2D eigenvalue weighted by Crippen LogP contribution is -2.12. The van der Waals surface area contributed by atoms with Crippen LogP contribution in [0.1, 0.15) is 35.1 Å². The van der Waals surface area contributed by atoms with E-state index < -0.39 is 10.8 Å². The number of hydrogen-bond donors (Lipinski definition) is 1. The number of anilines is 1. The van der Waals surface area contributed by atoms with Crippen LogP contribution < -0.4 is 10.1 Å². The van der Waals surface area contributed by atoms with Gasteiger partial charge in [0.05, 0.1) is 12.0 Å². The van der Waals surface area contributed by atoms with Crippen LogP contribution in [-0.4, -0.2) is 28.1 Å². The van der Waals surface area contributed by atoms with Crippen LogP contribution in [0.4, 0.5) is 10.8 Å². The van der Waals surface area contributed by atoms with Crippen molar-refractivity contribution >= 4 is 28.1 Å². The van der Waals surface area contributed by atoms with Crippen molar-refractivity contribution in [1.82, 2.24) is 10.2 Å². The summed E-state index contributed by atoms with van der Waals surface area (Å²) in [6.07, 6.45) is 0. The van der Waals surface area contributed by atoms with Gasteiger partial charge in [-0.3, -0.25) is 20.2 Å². The fraction of sp³-hybridized carbons (Fsp3) is 0.308. The number of aromatic nitrogens is 2. The number of ether oxygens (including phenoxy) is 1. The largest absolute Gasteiger partial charge is 0.490 e. The van der Waals surface area contributed by atoms with Crippen LogP contribution in [0.5, 0.6) is 5.75 Å². The third-order valence-electron chi connectivity index (χ3n) is 2.79. The van der Waals surface area contributed by atoms with Gasteiger partial charge in [0.2, 0.25) is 5.13 Å². The number of carbonyl (C=O) groups is 1. The topological polar surface area (TPSA) is 107 Å². The summed E-state index contributed by atoms with van der Waals surface area (Å²) in [7, 11) is 1.33. The van der Waals surface area contributed by atoms with Crippen molar-refractivity contribution in [2.24, 2.45) is 0 Å². The van der Waals surface area contributed by atoms with Gasteiger partial charge in [-0.15, -0.1) is 10.2 Å². The highest BCUT2D eigenvalue weighted by molar-refractivity contribution is 7.15. The zero-order valence-corrected chi connectivity index (χ0v) is 13.0. The molecule has 0 bridgehead atoms. The van der Waals surface area contributed by atoms with Crippen LogP contribution >= 0.6 is 11.3 Å². The molecule has 0 aliphatic carbocycles. The van der Waals surface area contributed by atoms with E-state index in [0.717, 1.165) is 5.01 Å². The van der Waals surface area contributed by atoms with Crippen molar-refractivity contribution in [3.63, 3.8) is 0 Å². The SMILES string of the molecule is COc1ccc(C(=O)Nc2nnc(C(C)C)s2)cc1[N+](=O)[O-]. The van der Waals surface area contributed by atoms with Crippen molar-refractivity contribution in [3.8, 4) is 5.75 Å². The first-order chi connectivity index (χ1) is 10.4. The molecule has 0 aliphatic heterocycles. The van der Waals surface area contributed by atoms with Crippen LogP contribution in [-0.2, 0) is 0 Å². The summed E-state index contributed by atoms with van der Waals surface area (Å²) in [5, 5.41) is 22.5. The molecule has 22 heavy (non-hydrogen) atoms. The van der Waals surface area contributed by atoms with Crippen molar-refractivity contribution < 1.29 is 14.5 Å². The Labute approximate surface area is 130 Å². The van der Waals surface area contributed by atoms with E-state index in [1.807, 2.05) is 13.8 Å². The maximum atomic E-state index is 12.1. The Morgan fingerprint density at radius 2 is 2.14 bits per heavy atom. The minimum absolute atomic E-state index is 0.0968. The zero-order chi connectivity index (χ0) is 16.3. The van der Waals surface area contributed by atoms with E-state index in [1.54, 1.807) is 0 Å². The van der Waals surface area contributed by atoms with Gasteiger partial charge < -0.3 is 4.74 Å². The third-order valence-corrected chi connectivity index (χ3v) is 3.93. The molecule has 0 radical (unpaired) electrons. The Morgan fingerprint density at radius 3 is 2.68 bits per heavy atom. The quantitative estimate of drug-likeness (QED) is 0.670. The lowest BCUT2D eigenvalue weighted by atomic mass is 10.2. The normalized spacial score (nSPS) is 10.5. The highest BCUT2D eigenvalue weighted by atomic mass is 32.1. The number of rotatable bonds is 5. The molecule has 0 saturated heterocycles. The van der Waals surface area contributed by atoms with Gasteiger partial charge in [-0.1, -0.05) is 25.2 Å². The predicted octanol–water partition coefficient (Wildman–Crippen LogP) is 2.83. The number of amides is 1. The van der Waals surface area contributed by atoms with Gasteiger partial charge in [0.1, 0.15) is 5.01 Å². The molecule has 0 atom stereocenters. The average Bonchev–Trinajstić information content (AvgIpc) is 2.95. The van der Waals surface area contributed by atoms with Crippen molar-refractivity contribution in [3.05, 3.63) is 38.9 Å². The molecule has 1 aromatic carbocycles. The molecule has 1 N–H and O–H groups in total. The highest BCUT2D eigenvalue weighted by Crippen LogP contribution is 2.28. The maximum Gasteiger partial charge on any atom is 0.311 e. The van der Waals surface area contributed by atoms with Gasteiger partial charge in [-0.25, -0.2) is 0 Å². The van der Waals surface area contributed by atoms with Gasteiger partial charge >= 0.3 is 5.69 Å². The molecular weight excluding hydrogens is 308 g/mol. The first kappa shape index (κ1) is 15.8. The molecule has 1 aromatic heterocycles. The standard InChI is InChI=1S/C13H14N4O4S/c1-7(2)12-15-16-13(22-12)14-11(18)8-4-5-10(21-3)9(6-8)17(19)20/h4-7H,1-3H3,(H,14,16,18). The Balaban J connectivity index is 2.22.